The summed E-state index contributed by atoms with van der Waals surface area (Å²) in [7, 11) is 0.0610. The number of benzene rings is 1. The van der Waals surface area contributed by atoms with Crippen molar-refractivity contribution >= 4 is 12.6 Å². The molecule has 0 aromatic heterocycles. The van der Waals surface area contributed by atoms with Crippen LogP contribution in [0.5, 0.6) is 5.75 Å². The van der Waals surface area contributed by atoms with Crippen molar-refractivity contribution in [2.45, 2.75) is 58.3 Å². The second kappa shape index (κ2) is 7.70. The Bertz CT molecular complexity index is 416. The van der Waals surface area contributed by atoms with E-state index in [1.165, 1.54) is 31.2 Å². The van der Waals surface area contributed by atoms with Crippen molar-refractivity contribution in [3.8, 4) is 5.75 Å². The molecule has 1 aromatic carbocycles. The molecule has 0 radical (unpaired) electrons. The third-order valence-corrected chi connectivity index (χ3v) is 3.95. The molecule has 0 saturated heterocycles. The van der Waals surface area contributed by atoms with E-state index in [-0.39, 0.29) is 5.41 Å². The van der Waals surface area contributed by atoms with Crippen LogP contribution in [-0.2, 0) is 5.41 Å². The van der Waals surface area contributed by atoms with Crippen LogP contribution in [0.1, 0.15) is 58.4 Å². The lowest BCUT2D eigenvalue weighted by Crippen LogP contribution is -2.32. The minimum absolute atomic E-state index is 0.0694. The highest BCUT2D eigenvalue weighted by Crippen LogP contribution is 2.31. The van der Waals surface area contributed by atoms with Crippen LogP contribution in [0.2, 0.25) is 0 Å². The molecule has 0 spiro atoms. The Labute approximate surface area is 123 Å². The zero-order valence-electron chi connectivity index (χ0n) is 13.1. The van der Waals surface area contributed by atoms with Gasteiger partial charge in [-0.3, -0.25) is 0 Å². The first-order valence-electron chi connectivity index (χ1n) is 7.47. The van der Waals surface area contributed by atoms with E-state index in [4.69, 9.17) is 4.74 Å². The van der Waals surface area contributed by atoms with E-state index in [1.54, 1.807) is 13.2 Å². The van der Waals surface area contributed by atoms with Crippen LogP contribution in [-0.4, -0.2) is 24.3 Å². The Morgan fingerprint density at radius 1 is 1.15 bits per heavy atom. The first-order chi connectivity index (χ1) is 9.42. The summed E-state index contributed by atoms with van der Waals surface area (Å²) in [6.07, 6.45) is 6.14. The van der Waals surface area contributed by atoms with E-state index in [2.05, 4.69) is 20.8 Å². The third-order valence-electron chi connectivity index (χ3n) is 3.95. The van der Waals surface area contributed by atoms with E-state index in [1.807, 2.05) is 12.1 Å². The summed E-state index contributed by atoms with van der Waals surface area (Å²) in [6, 6.07) is 5.64. The summed E-state index contributed by atoms with van der Waals surface area (Å²) >= 11 is 0. The molecular weight excluding hydrogens is 251 g/mol. The molecule has 0 unspecified atom stereocenters. The summed E-state index contributed by atoms with van der Waals surface area (Å²) in [5.41, 5.74) is 1.66. The molecule has 1 rings (SSSR count). The van der Waals surface area contributed by atoms with Gasteiger partial charge in [-0.05, 0) is 23.5 Å². The third kappa shape index (κ3) is 4.53. The Balaban J connectivity index is 2.84. The van der Waals surface area contributed by atoms with Gasteiger partial charge in [0.2, 0.25) is 0 Å². The molecule has 0 bridgehead atoms. The highest BCUT2D eigenvalue weighted by molar-refractivity contribution is 6.59. The van der Waals surface area contributed by atoms with Gasteiger partial charge < -0.3 is 14.8 Å². The van der Waals surface area contributed by atoms with Gasteiger partial charge in [-0.15, -0.1) is 0 Å². The number of hydrogen-bond donors (Lipinski definition) is 2. The summed E-state index contributed by atoms with van der Waals surface area (Å²) in [6.45, 7) is 6.67. The van der Waals surface area contributed by atoms with Gasteiger partial charge in [-0.25, -0.2) is 0 Å². The van der Waals surface area contributed by atoms with Gasteiger partial charge in [0.25, 0.3) is 0 Å². The molecule has 0 aliphatic rings. The Hall–Kier alpha value is -0.995. The molecule has 20 heavy (non-hydrogen) atoms. The first kappa shape index (κ1) is 17.1. The van der Waals surface area contributed by atoms with Crippen LogP contribution in [0.4, 0.5) is 0 Å². The van der Waals surface area contributed by atoms with Crippen molar-refractivity contribution in [1.82, 2.24) is 0 Å². The average molecular weight is 278 g/mol. The lowest BCUT2D eigenvalue weighted by atomic mass is 9.75. The monoisotopic (exact) mass is 278 g/mol. The Morgan fingerprint density at radius 3 is 2.40 bits per heavy atom. The minimum atomic E-state index is -1.49. The van der Waals surface area contributed by atoms with E-state index < -0.39 is 7.12 Å². The molecule has 0 aliphatic heterocycles. The van der Waals surface area contributed by atoms with Crippen LogP contribution in [0.25, 0.3) is 0 Å². The largest absolute Gasteiger partial charge is 0.497 e. The molecule has 0 saturated carbocycles. The maximum Gasteiger partial charge on any atom is 0.492 e. The van der Waals surface area contributed by atoms with Gasteiger partial charge >= 0.3 is 7.12 Å². The second-order valence-corrected chi connectivity index (χ2v) is 6.02. The molecule has 0 atom stereocenters. The fraction of sp³-hybridized carbons (Fsp3) is 0.625. The standard InChI is InChI=1S/C16H27BO3/c1-5-6-7-8-11-16(2,3)13-9-10-14(17(18)19)15(12-13)20-4/h9-10,12,18-19H,5-8,11H2,1-4H3. The first-order valence-corrected chi connectivity index (χ1v) is 7.47. The van der Waals surface area contributed by atoms with Crippen LogP contribution < -0.4 is 10.2 Å². The summed E-state index contributed by atoms with van der Waals surface area (Å²) < 4.78 is 5.27. The molecule has 4 heteroatoms. The number of ether oxygens (including phenoxy) is 1. The van der Waals surface area contributed by atoms with Crippen molar-refractivity contribution in [3.63, 3.8) is 0 Å². The van der Waals surface area contributed by atoms with Gasteiger partial charge in [0, 0.05) is 5.46 Å². The van der Waals surface area contributed by atoms with Crippen molar-refractivity contribution in [2.24, 2.45) is 0 Å². The van der Waals surface area contributed by atoms with Gasteiger partial charge in [0.15, 0.2) is 0 Å². The molecule has 0 amide bonds. The maximum atomic E-state index is 9.31. The molecule has 1 aromatic rings. The lowest BCUT2D eigenvalue weighted by Gasteiger charge is -2.26. The number of methoxy groups -OCH3 is 1. The zero-order chi connectivity index (χ0) is 15.2. The normalized spacial score (nSPS) is 11.5. The van der Waals surface area contributed by atoms with Crippen LogP contribution in [0.15, 0.2) is 18.2 Å². The molecule has 0 fully saturated rings. The summed E-state index contributed by atoms with van der Waals surface area (Å²) in [4.78, 5) is 0. The molecular formula is C16H27BO3. The van der Waals surface area contributed by atoms with Gasteiger partial charge in [-0.2, -0.15) is 0 Å². The second-order valence-electron chi connectivity index (χ2n) is 6.02. The van der Waals surface area contributed by atoms with Gasteiger partial charge in [0.05, 0.1) is 7.11 Å². The van der Waals surface area contributed by atoms with Crippen LogP contribution in [0, 0.1) is 0 Å². The van der Waals surface area contributed by atoms with Crippen molar-refractivity contribution in [3.05, 3.63) is 23.8 Å². The van der Waals surface area contributed by atoms with Crippen LogP contribution in [0.3, 0.4) is 0 Å². The zero-order valence-corrected chi connectivity index (χ0v) is 13.1. The van der Waals surface area contributed by atoms with E-state index in [9.17, 15) is 10.0 Å². The highest BCUT2D eigenvalue weighted by Gasteiger charge is 2.24. The number of unbranched alkanes of at least 4 members (excludes halogenated alkanes) is 3. The molecule has 2 N–H and O–H groups in total. The smallest absolute Gasteiger partial charge is 0.492 e. The molecule has 112 valence electrons. The Morgan fingerprint density at radius 2 is 1.85 bits per heavy atom. The fourth-order valence-corrected chi connectivity index (χ4v) is 2.48. The number of hydrogen-bond acceptors (Lipinski definition) is 3. The molecule has 3 nitrogen and oxygen atoms in total. The SMILES string of the molecule is CCCCCCC(C)(C)c1ccc(B(O)O)c(OC)c1. The predicted octanol–water partition coefficient (Wildman–Crippen LogP) is 2.62. The Kier molecular flexibility index (Phi) is 6.57. The number of rotatable bonds is 8. The fourth-order valence-electron chi connectivity index (χ4n) is 2.48. The van der Waals surface area contributed by atoms with Crippen molar-refractivity contribution in [1.29, 1.82) is 0 Å². The van der Waals surface area contributed by atoms with E-state index in [0.29, 0.717) is 11.2 Å². The minimum Gasteiger partial charge on any atom is -0.497 e. The van der Waals surface area contributed by atoms with Crippen LogP contribution >= 0.6 is 0 Å². The molecule has 0 aliphatic carbocycles. The van der Waals surface area contributed by atoms with Gasteiger partial charge in [-0.1, -0.05) is 58.6 Å². The quantitative estimate of drug-likeness (QED) is 0.567. The predicted molar refractivity (Wildman–Crippen MR) is 84.6 cm³/mol. The average Bonchev–Trinajstić information content (AvgIpc) is 2.42. The van der Waals surface area contributed by atoms with Crippen molar-refractivity contribution < 1.29 is 14.8 Å². The maximum absolute atomic E-state index is 9.31. The van der Waals surface area contributed by atoms with E-state index in [0.717, 1.165) is 6.42 Å². The molecule has 0 heterocycles. The van der Waals surface area contributed by atoms with E-state index >= 15 is 0 Å². The summed E-state index contributed by atoms with van der Waals surface area (Å²) in [5, 5.41) is 18.6. The topological polar surface area (TPSA) is 49.7 Å². The highest BCUT2D eigenvalue weighted by atomic mass is 16.5. The van der Waals surface area contributed by atoms with Gasteiger partial charge in [0.1, 0.15) is 5.75 Å². The summed E-state index contributed by atoms with van der Waals surface area (Å²) in [5.74, 6) is 0.541. The van der Waals surface area contributed by atoms with Crippen molar-refractivity contribution in [2.75, 3.05) is 7.11 Å². The lowest BCUT2D eigenvalue weighted by molar-refractivity contribution is 0.399.